The van der Waals surface area contributed by atoms with E-state index in [4.69, 9.17) is 5.11 Å². The van der Waals surface area contributed by atoms with Crippen LogP contribution in [-0.4, -0.2) is 36.2 Å². The van der Waals surface area contributed by atoms with E-state index >= 15 is 0 Å². The van der Waals surface area contributed by atoms with Gasteiger partial charge >= 0.3 is 0 Å². The molecular formula is C14H19FN2O2. The quantitative estimate of drug-likeness (QED) is 0.867. The highest BCUT2D eigenvalue weighted by molar-refractivity contribution is 5.86. The summed E-state index contributed by atoms with van der Waals surface area (Å²) >= 11 is 0. The van der Waals surface area contributed by atoms with E-state index in [9.17, 15) is 9.18 Å². The number of aliphatic hydroxyl groups is 1. The van der Waals surface area contributed by atoms with Gasteiger partial charge < -0.3 is 15.3 Å². The second-order valence-corrected chi connectivity index (χ2v) is 4.82. The first kappa shape index (κ1) is 13.8. The van der Waals surface area contributed by atoms with Gasteiger partial charge in [0.2, 0.25) is 5.91 Å². The first-order valence-electron chi connectivity index (χ1n) is 6.56. The monoisotopic (exact) mass is 266 g/mol. The van der Waals surface area contributed by atoms with Gasteiger partial charge in [-0.1, -0.05) is 12.1 Å². The predicted molar refractivity (Wildman–Crippen MR) is 71.5 cm³/mol. The first-order chi connectivity index (χ1) is 9.15. The highest BCUT2D eigenvalue weighted by Crippen LogP contribution is 2.27. The minimum absolute atomic E-state index is 0.0346. The van der Waals surface area contributed by atoms with Gasteiger partial charge in [-0.05, 0) is 31.9 Å². The van der Waals surface area contributed by atoms with Gasteiger partial charge in [0.15, 0.2) is 0 Å². The third-order valence-electron chi connectivity index (χ3n) is 3.51. The van der Waals surface area contributed by atoms with Gasteiger partial charge in [0.25, 0.3) is 0 Å². The first-order valence-corrected chi connectivity index (χ1v) is 6.56. The summed E-state index contributed by atoms with van der Waals surface area (Å²) in [6.45, 7) is 2.44. The van der Waals surface area contributed by atoms with Gasteiger partial charge in [0.1, 0.15) is 11.9 Å². The van der Waals surface area contributed by atoms with Crippen LogP contribution >= 0.6 is 0 Å². The molecular weight excluding hydrogens is 247 g/mol. The number of carbonyl (C=O) groups excluding carboxylic acids is 1. The number of aliphatic hydroxyl groups excluding tert-OH is 1. The number of rotatable bonds is 3. The van der Waals surface area contributed by atoms with Crippen LogP contribution in [0.4, 0.5) is 10.1 Å². The maximum atomic E-state index is 14.0. The molecule has 1 aliphatic rings. The van der Waals surface area contributed by atoms with Crippen molar-refractivity contribution in [2.75, 3.05) is 18.1 Å². The van der Waals surface area contributed by atoms with Crippen molar-refractivity contribution in [3.05, 3.63) is 30.1 Å². The van der Waals surface area contributed by atoms with Gasteiger partial charge in [-0.15, -0.1) is 0 Å². The molecule has 0 radical (unpaired) electrons. The standard InChI is InChI=1S/C14H19FN2O2/c1-10-6-8-16-14(19)13(7-9-18)17(10)12-5-3-2-4-11(12)15/h2-5,10,13,18H,6-9H2,1H3,(H,16,19). The van der Waals surface area contributed by atoms with Crippen LogP contribution in [0.5, 0.6) is 0 Å². The van der Waals surface area contributed by atoms with Gasteiger partial charge in [-0.2, -0.15) is 0 Å². The molecule has 5 heteroatoms. The Labute approximate surface area is 112 Å². The van der Waals surface area contributed by atoms with Crippen molar-refractivity contribution in [1.29, 1.82) is 0 Å². The maximum absolute atomic E-state index is 14.0. The molecule has 1 aromatic carbocycles. The van der Waals surface area contributed by atoms with E-state index in [-0.39, 0.29) is 24.4 Å². The fourth-order valence-corrected chi connectivity index (χ4v) is 2.55. The highest BCUT2D eigenvalue weighted by atomic mass is 19.1. The topological polar surface area (TPSA) is 52.6 Å². The molecule has 104 valence electrons. The summed E-state index contributed by atoms with van der Waals surface area (Å²) in [4.78, 5) is 13.8. The Kier molecular flexibility index (Phi) is 4.37. The highest BCUT2D eigenvalue weighted by Gasteiger charge is 2.33. The van der Waals surface area contributed by atoms with Crippen molar-refractivity contribution >= 4 is 11.6 Å². The van der Waals surface area contributed by atoms with E-state index in [1.165, 1.54) is 6.07 Å². The molecule has 0 spiro atoms. The maximum Gasteiger partial charge on any atom is 0.242 e. The largest absolute Gasteiger partial charge is 0.396 e. The van der Waals surface area contributed by atoms with Crippen LogP contribution in [0.3, 0.4) is 0 Å². The van der Waals surface area contributed by atoms with Crippen LogP contribution in [-0.2, 0) is 4.79 Å². The number of benzene rings is 1. The number of para-hydroxylation sites is 1. The SMILES string of the molecule is CC1CCNC(=O)C(CCO)N1c1ccccc1F. The molecule has 0 saturated carbocycles. The zero-order chi connectivity index (χ0) is 13.8. The van der Waals surface area contributed by atoms with Gasteiger partial charge in [-0.25, -0.2) is 4.39 Å². The molecule has 4 nitrogen and oxygen atoms in total. The smallest absolute Gasteiger partial charge is 0.242 e. The number of anilines is 1. The fraction of sp³-hybridized carbons (Fsp3) is 0.500. The summed E-state index contributed by atoms with van der Waals surface area (Å²) in [6.07, 6.45) is 1.05. The molecule has 2 rings (SSSR count). The van der Waals surface area contributed by atoms with Gasteiger partial charge in [-0.3, -0.25) is 4.79 Å². The summed E-state index contributed by atoms with van der Waals surface area (Å²) < 4.78 is 14.0. The van der Waals surface area contributed by atoms with Crippen LogP contribution in [0, 0.1) is 5.82 Å². The third kappa shape index (κ3) is 2.87. The second-order valence-electron chi connectivity index (χ2n) is 4.82. The Balaban J connectivity index is 2.40. The lowest BCUT2D eigenvalue weighted by atomic mass is 10.1. The van der Waals surface area contributed by atoms with Crippen LogP contribution < -0.4 is 10.2 Å². The second kappa shape index (κ2) is 6.02. The molecule has 2 unspecified atom stereocenters. The molecule has 0 aliphatic carbocycles. The van der Waals surface area contributed by atoms with Crippen LogP contribution in [0.25, 0.3) is 0 Å². The van der Waals surface area contributed by atoms with Crippen molar-refractivity contribution < 1.29 is 14.3 Å². The van der Waals surface area contributed by atoms with Crippen LogP contribution in [0.1, 0.15) is 19.8 Å². The number of carbonyl (C=O) groups is 1. The molecule has 19 heavy (non-hydrogen) atoms. The Morgan fingerprint density at radius 2 is 2.21 bits per heavy atom. The van der Waals surface area contributed by atoms with Gasteiger partial charge in [0, 0.05) is 19.2 Å². The molecule has 2 atom stereocenters. The van der Waals surface area contributed by atoms with Crippen molar-refractivity contribution in [1.82, 2.24) is 5.32 Å². The number of hydrogen-bond acceptors (Lipinski definition) is 3. The number of halogens is 1. The number of amides is 1. The number of hydrogen-bond donors (Lipinski definition) is 2. The lowest BCUT2D eigenvalue weighted by Gasteiger charge is -2.35. The predicted octanol–water partition coefficient (Wildman–Crippen LogP) is 1.29. The van der Waals surface area contributed by atoms with E-state index in [0.29, 0.717) is 18.7 Å². The minimum atomic E-state index is -0.528. The summed E-state index contributed by atoms with van der Waals surface area (Å²) in [6, 6.07) is 5.95. The average Bonchev–Trinajstić information content (AvgIpc) is 2.52. The lowest BCUT2D eigenvalue weighted by molar-refractivity contribution is -0.122. The average molecular weight is 266 g/mol. The zero-order valence-corrected chi connectivity index (χ0v) is 11.0. The fourth-order valence-electron chi connectivity index (χ4n) is 2.55. The summed E-state index contributed by atoms with van der Waals surface area (Å²) in [7, 11) is 0. The molecule has 0 bridgehead atoms. The van der Waals surface area contributed by atoms with E-state index in [2.05, 4.69) is 5.32 Å². The van der Waals surface area contributed by atoms with Gasteiger partial charge in [0.05, 0.1) is 5.69 Å². The molecule has 2 N–H and O–H groups in total. The van der Waals surface area contributed by atoms with Crippen molar-refractivity contribution in [3.63, 3.8) is 0 Å². The zero-order valence-electron chi connectivity index (χ0n) is 11.0. The van der Waals surface area contributed by atoms with Crippen molar-refractivity contribution in [3.8, 4) is 0 Å². The minimum Gasteiger partial charge on any atom is -0.396 e. The summed E-state index contributed by atoms with van der Waals surface area (Å²) in [5, 5.41) is 12.0. The number of nitrogens with zero attached hydrogens (tertiary/aromatic N) is 1. The van der Waals surface area contributed by atoms with Crippen LogP contribution in [0.2, 0.25) is 0 Å². The van der Waals surface area contributed by atoms with Crippen LogP contribution in [0.15, 0.2) is 24.3 Å². The normalized spacial score (nSPS) is 23.9. The molecule has 1 saturated heterocycles. The molecule has 1 fully saturated rings. The van der Waals surface area contributed by atoms with E-state index in [1.54, 1.807) is 23.1 Å². The molecule has 1 aromatic rings. The Morgan fingerprint density at radius 1 is 1.47 bits per heavy atom. The molecule has 1 amide bonds. The molecule has 1 heterocycles. The Morgan fingerprint density at radius 3 is 2.89 bits per heavy atom. The summed E-state index contributed by atoms with van der Waals surface area (Å²) in [5.41, 5.74) is 0.422. The van der Waals surface area contributed by atoms with Crippen molar-refractivity contribution in [2.45, 2.75) is 31.8 Å². The Bertz CT molecular complexity index is 453. The molecule has 1 aliphatic heterocycles. The molecule has 0 aromatic heterocycles. The summed E-state index contributed by atoms with van der Waals surface area (Å²) in [5.74, 6) is -0.492. The van der Waals surface area contributed by atoms with E-state index in [0.717, 1.165) is 6.42 Å². The number of nitrogens with one attached hydrogen (secondary N) is 1. The van der Waals surface area contributed by atoms with Crippen molar-refractivity contribution in [2.24, 2.45) is 0 Å². The van der Waals surface area contributed by atoms with E-state index < -0.39 is 6.04 Å². The Hall–Kier alpha value is -1.62. The lowest BCUT2D eigenvalue weighted by Crippen LogP contribution is -2.48. The third-order valence-corrected chi connectivity index (χ3v) is 3.51. The van der Waals surface area contributed by atoms with E-state index in [1.807, 2.05) is 6.92 Å².